The van der Waals surface area contributed by atoms with E-state index in [2.05, 4.69) is 31.9 Å². The summed E-state index contributed by atoms with van der Waals surface area (Å²) in [6.07, 6.45) is 0.592. The standard InChI is InChI=1S/C14H10Br2ClF/c15-10-3-1-2-9(6-10)7-13(17)12-8-11(16)4-5-14(12)18/h1-6,8,13H,7H2. The second-order valence-corrected chi connectivity index (χ2v) is 6.33. The molecule has 0 amide bonds. The van der Waals surface area contributed by atoms with E-state index >= 15 is 0 Å². The predicted octanol–water partition coefficient (Wildman–Crippen LogP) is 5.87. The van der Waals surface area contributed by atoms with Crippen molar-refractivity contribution in [3.63, 3.8) is 0 Å². The van der Waals surface area contributed by atoms with Gasteiger partial charge in [-0.15, -0.1) is 11.6 Å². The molecule has 0 saturated carbocycles. The molecule has 2 rings (SSSR count). The fourth-order valence-corrected chi connectivity index (χ4v) is 2.91. The average Bonchev–Trinajstić information content (AvgIpc) is 2.32. The molecule has 0 radical (unpaired) electrons. The Kier molecular flexibility index (Phi) is 4.82. The number of benzene rings is 2. The van der Waals surface area contributed by atoms with E-state index in [-0.39, 0.29) is 11.2 Å². The van der Waals surface area contributed by atoms with Crippen LogP contribution in [-0.2, 0) is 6.42 Å². The third-order valence-electron chi connectivity index (χ3n) is 2.60. The molecule has 1 unspecified atom stereocenters. The van der Waals surface area contributed by atoms with Crippen molar-refractivity contribution >= 4 is 43.5 Å². The quantitative estimate of drug-likeness (QED) is 0.573. The zero-order valence-corrected chi connectivity index (χ0v) is 13.3. The lowest BCUT2D eigenvalue weighted by molar-refractivity contribution is 0.605. The highest BCUT2D eigenvalue weighted by Gasteiger charge is 2.14. The summed E-state index contributed by atoms with van der Waals surface area (Å²) in [7, 11) is 0. The van der Waals surface area contributed by atoms with Gasteiger partial charge in [-0.1, -0.05) is 44.0 Å². The normalized spacial score (nSPS) is 12.4. The van der Waals surface area contributed by atoms with Gasteiger partial charge in [-0.05, 0) is 42.3 Å². The molecule has 0 nitrogen and oxygen atoms in total. The fraction of sp³-hybridized carbons (Fsp3) is 0.143. The second kappa shape index (κ2) is 6.18. The summed E-state index contributed by atoms with van der Waals surface area (Å²) in [5, 5.41) is -0.378. The molecule has 4 heteroatoms. The van der Waals surface area contributed by atoms with Crippen molar-refractivity contribution in [2.45, 2.75) is 11.8 Å². The Morgan fingerprint density at radius 3 is 2.50 bits per heavy atom. The average molecular weight is 392 g/mol. The Balaban J connectivity index is 2.21. The van der Waals surface area contributed by atoms with E-state index in [0.717, 1.165) is 14.5 Å². The van der Waals surface area contributed by atoms with Crippen LogP contribution < -0.4 is 0 Å². The number of rotatable bonds is 3. The molecule has 0 aliphatic carbocycles. The number of hydrogen-bond acceptors (Lipinski definition) is 0. The lowest BCUT2D eigenvalue weighted by Crippen LogP contribution is -1.99. The highest BCUT2D eigenvalue weighted by atomic mass is 79.9. The molecule has 0 fully saturated rings. The first kappa shape index (κ1) is 14.0. The van der Waals surface area contributed by atoms with Gasteiger partial charge in [0, 0.05) is 14.5 Å². The van der Waals surface area contributed by atoms with Gasteiger partial charge >= 0.3 is 0 Å². The molecule has 2 aromatic carbocycles. The number of alkyl halides is 1. The summed E-state index contributed by atoms with van der Waals surface area (Å²) in [5.74, 6) is -0.270. The zero-order valence-electron chi connectivity index (χ0n) is 9.34. The Morgan fingerprint density at radius 2 is 1.78 bits per heavy atom. The molecule has 0 heterocycles. The first-order valence-electron chi connectivity index (χ1n) is 5.40. The molecule has 94 valence electrons. The molecule has 0 bridgehead atoms. The molecule has 2 aromatic rings. The smallest absolute Gasteiger partial charge is 0.127 e. The van der Waals surface area contributed by atoms with E-state index in [4.69, 9.17) is 11.6 Å². The Labute approximate surface area is 127 Å². The topological polar surface area (TPSA) is 0 Å². The minimum Gasteiger partial charge on any atom is -0.207 e. The first-order valence-corrected chi connectivity index (χ1v) is 7.42. The molecule has 1 atom stereocenters. The Hall–Kier alpha value is -0.380. The van der Waals surface area contributed by atoms with Gasteiger partial charge in [0.25, 0.3) is 0 Å². The van der Waals surface area contributed by atoms with Gasteiger partial charge in [-0.25, -0.2) is 4.39 Å². The maximum Gasteiger partial charge on any atom is 0.127 e. The summed E-state index contributed by atoms with van der Waals surface area (Å²) < 4.78 is 15.5. The molecule has 0 saturated heterocycles. The largest absolute Gasteiger partial charge is 0.207 e. The minimum atomic E-state index is -0.378. The monoisotopic (exact) mass is 390 g/mol. The van der Waals surface area contributed by atoms with Gasteiger partial charge in [-0.3, -0.25) is 0 Å². The van der Waals surface area contributed by atoms with E-state index in [1.54, 1.807) is 12.1 Å². The first-order chi connectivity index (χ1) is 8.56. The van der Waals surface area contributed by atoms with Crippen LogP contribution in [0.5, 0.6) is 0 Å². The summed E-state index contributed by atoms with van der Waals surface area (Å²) in [4.78, 5) is 0. The van der Waals surface area contributed by atoms with Crippen LogP contribution in [-0.4, -0.2) is 0 Å². The van der Waals surface area contributed by atoms with Crippen molar-refractivity contribution in [3.8, 4) is 0 Å². The second-order valence-electron chi connectivity index (χ2n) is 3.97. The van der Waals surface area contributed by atoms with Crippen LogP contribution in [0.1, 0.15) is 16.5 Å². The maximum absolute atomic E-state index is 13.7. The molecule has 0 aliphatic heterocycles. The van der Waals surface area contributed by atoms with Gasteiger partial charge in [0.05, 0.1) is 5.38 Å². The summed E-state index contributed by atoms with van der Waals surface area (Å²) >= 11 is 13.0. The Bertz CT molecular complexity index is 557. The van der Waals surface area contributed by atoms with Gasteiger partial charge in [0.1, 0.15) is 5.82 Å². The maximum atomic E-state index is 13.7. The SMILES string of the molecule is Fc1ccc(Br)cc1C(Cl)Cc1cccc(Br)c1. The Morgan fingerprint density at radius 1 is 1.06 bits per heavy atom. The third-order valence-corrected chi connectivity index (χ3v) is 3.98. The van der Waals surface area contributed by atoms with Gasteiger partial charge in [0.2, 0.25) is 0 Å². The third kappa shape index (κ3) is 3.56. The van der Waals surface area contributed by atoms with Gasteiger partial charge in [-0.2, -0.15) is 0 Å². The molecule has 18 heavy (non-hydrogen) atoms. The van der Waals surface area contributed by atoms with Crippen molar-refractivity contribution in [2.75, 3.05) is 0 Å². The van der Waals surface area contributed by atoms with E-state index in [1.165, 1.54) is 6.07 Å². The summed E-state index contributed by atoms with van der Waals surface area (Å²) in [6.45, 7) is 0. The highest BCUT2D eigenvalue weighted by Crippen LogP contribution is 2.30. The summed E-state index contributed by atoms with van der Waals surface area (Å²) in [5.41, 5.74) is 1.59. The van der Waals surface area contributed by atoms with Crippen molar-refractivity contribution in [2.24, 2.45) is 0 Å². The van der Waals surface area contributed by atoms with Gasteiger partial charge in [0.15, 0.2) is 0 Å². The zero-order chi connectivity index (χ0) is 13.1. The minimum absolute atomic E-state index is 0.270. The van der Waals surface area contributed by atoms with Crippen molar-refractivity contribution in [1.82, 2.24) is 0 Å². The van der Waals surface area contributed by atoms with Gasteiger partial charge < -0.3 is 0 Å². The van der Waals surface area contributed by atoms with Crippen LogP contribution in [0.2, 0.25) is 0 Å². The summed E-state index contributed by atoms with van der Waals surface area (Å²) in [6, 6.07) is 12.7. The molecule has 0 N–H and O–H groups in total. The molecule has 0 spiro atoms. The van der Waals surface area contributed by atoms with Crippen molar-refractivity contribution in [1.29, 1.82) is 0 Å². The molecular weight excluding hydrogens is 382 g/mol. The van der Waals surface area contributed by atoms with Crippen molar-refractivity contribution in [3.05, 3.63) is 68.4 Å². The molecular formula is C14H10Br2ClF. The van der Waals surface area contributed by atoms with Crippen molar-refractivity contribution < 1.29 is 4.39 Å². The highest BCUT2D eigenvalue weighted by molar-refractivity contribution is 9.10. The molecule has 0 aromatic heterocycles. The van der Waals surface area contributed by atoms with E-state index < -0.39 is 0 Å². The van der Waals surface area contributed by atoms with E-state index in [0.29, 0.717) is 12.0 Å². The van der Waals surface area contributed by atoms with Crippen LogP contribution in [0.15, 0.2) is 51.4 Å². The van der Waals surface area contributed by atoms with Crippen LogP contribution >= 0.6 is 43.5 Å². The van der Waals surface area contributed by atoms with Crippen LogP contribution in [0.4, 0.5) is 4.39 Å². The fourth-order valence-electron chi connectivity index (χ4n) is 1.74. The molecule has 0 aliphatic rings. The van der Waals surface area contributed by atoms with E-state index in [1.807, 2.05) is 24.3 Å². The number of hydrogen-bond donors (Lipinski definition) is 0. The van der Waals surface area contributed by atoms with E-state index in [9.17, 15) is 4.39 Å². The lowest BCUT2D eigenvalue weighted by atomic mass is 10.0. The number of halogens is 4. The lowest BCUT2D eigenvalue weighted by Gasteiger charge is -2.11. The predicted molar refractivity (Wildman–Crippen MR) is 80.5 cm³/mol. The van der Waals surface area contributed by atoms with Crippen LogP contribution in [0.3, 0.4) is 0 Å². The van der Waals surface area contributed by atoms with Crippen LogP contribution in [0.25, 0.3) is 0 Å². The van der Waals surface area contributed by atoms with Crippen LogP contribution in [0, 0.1) is 5.82 Å².